The molecule has 0 aliphatic heterocycles. The number of carbonyl (C=O) groups excluding carboxylic acids is 1. The average molecular weight is 339 g/mol. The van der Waals surface area contributed by atoms with Gasteiger partial charge in [-0.2, -0.15) is 0 Å². The zero-order valence-corrected chi connectivity index (χ0v) is 13.2. The van der Waals surface area contributed by atoms with Crippen LogP contribution in [0.25, 0.3) is 0 Å². The molecule has 0 aromatic heterocycles. The fourth-order valence-electron chi connectivity index (χ4n) is 1.93. The fraction of sp³-hybridized carbons (Fsp3) is 0.385. The molecular weight excluding hydrogens is 325 g/mol. The molecule has 110 valence electrons. The van der Waals surface area contributed by atoms with Crippen molar-refractivity contribution >= 4 is 52.4 Å². The maximum Gasteiger partial charge on any atom is 0.303 e. The number of halogens is 3. The van der Waals surface area contributed by atoms with Gasteiger partial charge in [0.25, 0.3) is 0 Å². The Morgan fingerprint density at radius 3 is 2.35 bits per heavy atom. The molecule has 0 aliphatic rings. The van der Waals surface area contributed by atoms with Gasteiger partial charge < -0.3 is 10.4 Å². The molecule has 20 heavy (non-hydrogen) atoms. The van der Waals surface area contributed by atoms with Crippen LogP contribution in [-0.2, 0) is 9.59 Å². The first-order valence-corrected chi connectivity index (χ1v) is 7.08. The monoisotopic (exact) mass is 337 g/mol. The number of hydrogen-bond donors (Lipinski definition) is 2. The van der Waals surface area contributed by atoms with Crippen LogP contribution >= 0.6 is 34.8 Å². The molecule has 1 aromatic carbocycles. The molecule has 0 spiro atoms. The van der Waals surface area contributed by atoms with Crippen molar-refractivity contribution in [2.24, 2.45) is 0 Å². The van der Waals surface area contributed by atoms with Crippen molar-refractivity contribution in [1.29, 1.82) is 0 Å². The highest BCUT2D eigenvalue weighted by atomic mass is 35.5. The van der Waals surface area contributed by atoms with Gasteiger partial charge in [-0.3, -0.25) is 9.59 Å². The summed E-state index contributed by atoms with van der Waals surface area (Å²) in [6.45, 7) is 3.17. The average Bonchev–Trinajstić information content (AvgIpc) is 2.32. The van der Waals surface area contributed by atoms with Crippen molar-refractivity contribution in [3.63, 3.8) is 0 Å². The normalized spacial score (nSPS) is 12.1. The van der Waals surface area contributed by atoms with Gasteiger partial charge in [0.1, 0.15) is 0 Å². The summed E-state index contributed by atoms with van der Waals surface area (Å²) in [7, 11) is 0. The predicted molar refractivity (Wildman–Crippen MR) is 81.1 cm³/mol. The molecule has 0 bridgehead atoms. The van der Waals surface area contributed by atoms with Crippen LogP contribution in [0.3, 0.4) is 0 Å². The Morgan fingerprint density at radius 1 is 1.30 bits per heavy atom. The van der Waals surface area contributed by atoms with Gasteiger partial charge in [-0.25, -0.2) is 0 Å². The third-order valence-electron chi connectivity index (χ3n) is 2.83. The highest BCUT2D eigenvalue weighted by Gasteiger charge is 2.23. The van der Waals surface area contributed by atoms with Crippen LogP contribution in [0.5, 0.6) is 0 Å². The lowest BCUT2D eigenvalue weighted by Crippen LogP contribution is -2.11. The molecule has 0 saturated heterocycles. The van der Waals surface area contributed by atoms with E-state index >= 15 is 0 Å². The van der Waals surface area contributed by atoms with E-state index in [9.17, 15) is 9.59 Å². The molecule has 7 heteroatoms. The van der Waals surface area contributed by atoms with Crippen LogP contribution in [-0.4, -0.2) is 17.0 Å². The predicted octanol–water partition coefficient (Wildman–Crippen LogP) is 4.57. The van der Waals surface area contributed by atoms with Gasteiger partial charge in [-0.1, -0.05) is 41.7 Å². The van der Waals surface area contributed by atoms with E-state index in [4.69, 9.17) is 39.9 Å². The molecule has 1 aromatic rings. The first kappa shape index (κ1) is 17.1. The highest BCUT2D eigenvalue weighted by molar-refractivity contribution is 6.43. The largest absolute Gasteiger partial charge is 0.481 e. The fourth-order valence-corrected chi connectivity index (χ4v) is 3.10. The molecule has 1 unspecified atom stereocenters. The van der Waals surface area contributed by atoms with E-state index < -0.39 is 5.97 Å². The first-order chi connectivity index (χ1) is 9.27. The van der Waals surface area contributed by atoms with Crippen molar-refractivity contribution in [1.82, 2.24) is 0 Å². The zero-order valence-electron chi connectivity index (χ0n) is 11.0. The third-order valence-corrected chi connectivity index (χ3v) is 3.83. The summed E-state index contributed by atoms with van der Waals surface area (Å²) in [5, 5.41) is 12.2. The standard InChI is InChI=1S/C13H14Cl3NO3/c1-3-7(4-10(19)20)11-8(14)5-9(15)13(12(11)16)17-6(2)18/h5,7H,3-4H2,1-2H3,(H,17,18)(H,19,20). The quantitative estimate of drug-likeness (QED) is 0.826. The lowest BCUT2D eigenvalue weighted by atomic mass is 9.92. The number of aliphatic carboxylic acids is 1. The molecule has 0 saturated carbocycles. The molecule has 1 amide bonds. The van der Waals surface area contributed by atoms with E-state index in [1.54, 1.807) is 0 Å². The summed E-state index contributed by atoms with van der Waals surface area (Å²) in [4.78, 5) is 22.1. The van der Waals surface area contributed by atoms with Crippen molar-refractivity contribution in [3.8, 4) is 0 Å². The maximum atomic E-state index is 11.2. The van der Waals surface area contributed by atoms with Crippen molar-refractivity contribution in [2.45, 2.75) is 32.6 Å². The van der Waals surface area contributed by atoms with Crippen LogP contribution in [0.4, 0.5) is 5.69 Å². The Kier molecular flexibility index (Phi) is 6.11. The van der Waals surface area contributed by atoms with E-state index in [0.29, 0.717) is 17.0 Å². The van der Waals surface area contributed by atoms with Crippen LogP contribution in [0, 0.1) is 0 Å². The number of benzene rings is 1. The molecule has 0 fully saturated rings. The van der Waals surface area contributed by atoms with E-state index in [2.05, 4.69) is 5.32 Å². The third kappa shape index (κ3) is 4.01. The number of amides is 1. The Hall–Kier alpha value is -0.970. The smallest absolute Gasteiger partial charge is 0.303 e. The van der Waals surface area contributed by atoms with E-state index in [1.165, 1.54) is 13.0 Å². The Balaban J connectivity index is 3.37. The van der Waals surface area contributed by atoms with Crippen LogP contribution in [0.15, 0.2) is 6.07 Å². The SMILES string of the molecule is CCC(CC(=O)O)c1c(Cl)cc(Cl)c(NC(C)=O)c1Cl. The number of anilines is 1. The summed E-state index contributed by atoms with van der Waals surface area (Å²) < 4.78 is 0. The van der Waals surface area contributed by atoms with Crippen molar-refractivity contribution < 1.29 is 14.7 Å². The van der Waals surface area contributed by atoms with Gasteiger partial charge >= 0.3 is 5.97 Å². The van der Waals surface area contributed by atoms with E-state index in [0.717, 1.165) is 0 Å². The molecule has 0 heterocycles. The van der Waals surface area contributed by atoms with Gasteiger partial charge in [0, 0.05) is 11.9 Å². The van der Waals surface area contributed by atoms with Crippen LogP contribution < -0.4 is 5.32 Å². The first-order valence-electron chi connectivity index (χ1n) is 5.94. The van der Waals surface area contributed by atoms with Gasteiger partial charge in [0.15, 0.2) is 0 Å². The summed E-state index contributed by atoms with van der Waals surface area (Å²) in [6, 6.07) is 1.46. The summed E-state index contributed by atoms with van der Waals surface area (Å²) in [5.74, 6) is -1.62. The van der Waals surface area contributed by atoms with Gasteiger partial charge in [0.2, 0.25) is 5.91 Å². The van der Waals surface area contributed by atoms with Crippen molar-refractivity contribution in [3.05, 3.63) is 26.7 Å². The minimum atomic E-state index is -0.944. The molecule has 0 radical (unpaired) electrons. The maximum absolute atomic E-state index is 11.2. The molecular formula is C13H14Cl3NO3. The molecule has 1 atom stereocenters. The molecule has 0 aliphatic carbocycles. The summed E-state index contributed by atoms with van der Waals surface area (Å²) in [5.41, 5.74) is 0.746. The topological polar surface area (TPSA) is 66.4 Å². The van der Waals surface area contributed by atoms with Crippen LogP contribution in [0.1, 0.15) is 38.2 Å². The highest BCUT2D eigenvalue weighted by Crippen LogP contribution is 2.43. The van der Waals surface area contributed by atoms with E-state index in [1.807, 2.05) is 6.92 Å². The lowest BCUT2D eigenvalue weighted by molar-refractivity contribution is -0.137. The Bertz CT molecular complexity index is 546. The summed E-state index contributed by atoms with van der Waals surface area (Å²) in [6.07, 6.45) is 0.448. The lowest BCUT2D eigenvalue weighted by Gasteiger charge is -2.20. The number of hydrogen-bond acceptors (Lipinski definition) is 2. The minimum Gasteiger partial charge on any atom is -0.481 e. The molecule has 4 nitrogen and oxygen atoms in total. The van der Waals surface area contributed by atoms with Crippen LogP contribution in [0.2, 0.25) is 15.1 Å². The summed E-state index contributed by atoms with van der Waals surface area (Å²) >= 11 is 18.4. The Labute approximate surface area is 132 Å². The second-order valence-corrected chi connectivity index (χ2v) is 5.52. The second kappa shape index (κ2) is 7.16. The number of rotatable bonds is 5. The molecule has 1 rings (SSSR count). The number of carboxylic acid groups (broad SMARTS) is 1. The second-order valence-electron chi connectivity index (χ2n) is 4.33. The molecule has 2 N–H and O–H groups in total. The minimum absolute atomic E-state index is 0.100. The van der Waals surface area contributed by atoms with Crippen molar-refractivity contribution in [2.75, 3.05) is 5.32 Å². The Morgan fingerprint density at radius 2 is 1.90 bits per heavy atom. The number of nitrogens with one attached hydrogen (secondary N) is 1. The number of carbonyl (C=O) groups is 2. The van der Waals surface area contributed by atoms with Gasteiger partial charge in [-0.05, 0) is 24.0 Å². The van der Waals surface area contributed by atoms with E-state index in [-0.39, 0.29) is 34.0 Å². The van der Waals surface area contributed by atoms with Gasteiger partial charge in [-0.15, -0.1) is 0 Å². The number of carboxylic acids is 1. The van der Waals surface area contributed by atoms with Gasteiger partial charge in [0.05, 0.1) is 22.2 Å². The zero-order chi connectivity index (χ0) is 15.4.